The normalized spacial score (nSPS) is 34.0. The summed E-state index contributed by atoms with van der Waals surface area (Å²) in [5.74, 6) is 5.51. The van der Waals surface area contributed by atoms with E-state index in [1.165, 1.54) is 39.0 Å². The molecular weight excluding hydrogens is 290 g/mol. The van der Waals surface area contributed by atoms with Crippen molar-refractivity contribution in [3.8, 4) is 6.07 Å². The number of rotatable bonds is 2. The minimum absolute atomic E-state index is 1.02. The van der Waals surface area contributed by atoms with Crippen LogP contribution in [0.2, 0.25) is 0 Å². The Bertz CT molecular complexity index is 320. The maximum absolute atomic E-state index is 7.32. The third-order valence-electron chi connectivity index (χ3n) is 6.86. The number of nitriles is 1. The monoisotopic (exact) mass is 333 g/mol. The van der Waals surface area contributed by atoms with Crippen LogP contribution < -0.4 is 0 Å². The molecule has 3 rings (SSSR count). The molecule has 0 aromatic carbocycles. The summed E-state index contributed by atoms with van der Waals surface area (Å²) in [5.41, 5.74) is 0. The van der Waals surface area contributed by atoms with Gasteiger partial charge in [-0.2, -0.15) is 5.26 Å². The number of hydrogen-bond acceptors (Lipinski definition) is 1. The highest BCUT2D eigenvalue weighted by molar-refractivity contribution is 4.84. The molecular formula is C23H43N. The molecule has 0 aromatic rings. The Labute approximate surface area is 152 Å². The lowest BCUT2D eigenvalue weighted by atomic mass is 9.66. The van der Waals surface area contributed by atoms with Gasteiger partial charge in [0.15, 0.2) is 0 Å². The smallest absolute Gasteiger partial charge is 0.0587 e. The molecule has 0 atom stereocenters. The average molecular weight is 334 g/mol. The minimum atomic E-state index is 1.02. The van der Waals surface area contributed by atoms with E-state index in [4.69, 9.17) is 5.26 Å². The maximum atomic E-state index is 7.32. The van der Waals surface area contributed by atoms with Crippen molar-refractivity contribution in [2.75, 3.05) is 0 Å². The van der Waals surface area contributed by atoms with E-state index in [0.717, 1.165) is 29.6 Å². The van der Waals surface area contributed by atoms with Gasteiger partial charge in [-0.3, -0.25) is 0 Å². The van der Waals surface area contributed by atoms with Gasteiger partial charge in [0.1, 0.15) is 0 Å². The summed E-state index contributed by atoms with van der Waals surface area (Å²) < 4.78 is 0. The van der Waals surface area contributed by atoms with Crippen LogP contribution in [-0.4, -0.2) is 0 Å². The summed E-state index contributed by atoms with van der Waals surface area (Å²) >= 11 is 0. The summed E-state index contributed by atoms with van der Waals surface area (Å²) in [6.07, 6.45) is 20.2. The van der Waals surface area contributed by atoms with Gasteiger partial charge in [0.05, 0.1) is 6.07 Å². The van der Waals surface area contributed by atoms with Crippen molar-refractivity contribution in [3.05, 3.63) is 0 Å². The molecule has 3 aliphatic rings. The van der Waals surface area contributed by atoms with E-state index in [9.17, 15) is 0 Å². The standard InChI is InChI=1S/C19H34.C2H3N.C2H6/c1-15-7-9-17(10-8-15)19-13-11-18(12-14-19)16-5-3-2-4-6-16;1-2-3;1-2/h15-19H,2-14H2,1H3;1H3;1-2H3. The zero-order chi connectivity index (χ0) is 17.8. The van der Waals surface area contributed by atoms with E-state index in [0.29, 0.717) is 0 Å². The molecule has 24 heavy (non-hydrogen) atoms. The van der Waals surface area contributed by atoms with Crippen LogP contribution in [0.4, 0.5) is 0 Å². The molecule has 0 aromatic heterocycles. The minimum Gasteiger partial charge on any atom is -0.199 e. The Balaban J connectivity index is 0.000000521. The molecule has 0 aliphatic heterocycles. The van der Waals surface area contributed by atoms with Crippen molar-refractivity contribution in [1.82, 2.24) is 0 Å². The molecule has 0 heterocycles. The molecule has 0 radical (unpaired) electrons. The first-order valence-electron chi connectivity index (χ1n) is 11.1. The second-order valence-corrected chi connectivity index (χ2v) is 8.32. The van der Waals surface area contributed by atoms with E-state index < -0.39 is 0 Å². The Hall–Kier alpha value is -0.510. The van der Waals surface area contributed by atoms with Crippen LogP contribution >= 0.6 is 0 Å². The maximum Gasteiger partial charge on any atom is 0.0587 e. The van der Waals surface area contributed by atoms with E-state index in [1.807, 2.05) is 13.8 Å². The molecule has 0 bridgehead atoms. The fourth-order valence-electron chi connectivity index (χ4n) is 5.45. The van der Waals surface area contributed by atoms with Crippen LogP contribution in [0.3, 0.4) is 0 Å². The fraction of sp³-hybridized carbons (Fsp3) is 0.957. The third kappa shape index (κ3) is 7.16. The lowest BCUT2D eigenvalue weighted by Gasteiger charge is -2.40. The molecule has 0 unspecified atom stereocenters. The summed E-state index contributed by atoms with van der Waals surface area (Å²) in [6.45, 7) is 7.89. The largest absolute Gasteiger partial charge is 0.199 e. The van der Waals surface area contributed by atoms with Crippen molar-refractivity contribution in [3.63, 3.8) is 0 Å². The van der Waals surface area contributed by atoms with E-state index >= 15 is 0 Å². The Morgan fingerprint density at radius 2 is 0.875 bits per heavy atom. The molecule has 0 spiro atoms. The van der Waals surface area contributed by atoms with E-state index in [-0.39, 0.29) is 0 Å². The second-order valence-electron chi connectivity index (χ2n) is 8.32. The topological polar surface area (TPSA) is 23.8 Å². The summed E-state index contributed by atoms with van der Waals surface area (Å²) in [4.78, 5) is 0. The highest BCUT2D eigenvalue weighted by Crippen LogP contribution is 2.45. The lowest BCUT2D eigenvalue weighted by molar-refractivity contribution is 0.115. The van der Waals surface area contributed by atoms with Gasteiger partial charge in [-0.1, -0.05) is 65.7 Å². The highest BCUT2D eigenvalue weighted by atomic mass is 14.4. The second kappa shape index (κ2) is 12.8. The first-order chi connectivity index (χ1) is 11.7. The summed E-state index contributed by atoms with van der Waals surface area (Å²) in [6, 6.07) is 1.75. The van der Waals surface area contributed by atoms with Crippen LogP contribution in [0.1, 0.15) is 111 Å². The van der Waals surface area contributed by atoms with Gasteiger partial charge in [0.2, 0.25) is 0 Å². The average Bonchev–Trinajstić information content (AvgIpc) is 2.66. The van der Waals surface area contributed by atoms with Crippen LogP contribution in [0.5, 0.6) is 0 Å². The highest BCUT2D eigenvalue weighted by Gasteiger charge is 2.32. The van der Waals surface area contributed by atoms with Gasteiger partial charge >= 0.3 is 0 Å². The van der Waals surface area contributed by atoms with Gasteiger partial charge in [-0.15, -0.1) is 0 Å². The Morgan fingerprint density at radius 3 is 1.25 bits per heavy atom. The van der Waals surface area contributed by atoms with E-state index in [2.05, 4.69) is 6.92 Å². The molecule has 3 saturated carbocycles. The number of hydrogen-bond donors (Lipinski definition) is 0. The molecule has 1 heteroatoms. The van der Waals surface area contributed by atoms with Crippen LogP contribution in [0.15, 0.2) is 0 Å². The Morgan fingerprint density at radius 1 is 0.583 bits per heavy atom. The fourth-order valence-corrected chi connectivity index (χ4v) is 5.45. The van der Waals surface area contributed by atoms with Crippen molar-refractivity contribution in [2.24, 2.45) is 29.6 Å². The Kier molecular flexibility index (Phi) is 11.5. The van der Waals surface area contributed by atoms with Gasteiger partial charge in [-0.25, -0.2) is 0 Å². The van der Waals surface area contributed by atoms with Crippen LogP contribution in [0.25, 0.3) is 0 Å². The van der Waals surface area contributed by atoms with Gasteiger partial charge in [0, 0.05) is 6.92 Å². The predicted molar refractivity (Wildman–Crippen MR) is 106 cm³/mol. The van der Waals surface area contributed by atoms with Crippen molar-refractivity contribution < 1.29 is 0 Å². The lowest BCUT2D eigenvalue weighted by Crippen LogP contribution is -2.28. The van der Waals surface area contributed by atoms with Crippen molar-refractivity contribution in [1.29, 1.82) is 5.26 Å². The van der Waals surface area contributed by atoms with Crippen LogP contribution in [0, 0.1) is 40.9 Å². The molecule has 140 valence electrons. The molecule has 0 N–H and O–H groups in total. The first-order valence-corrected chi connectivity index (χ1v) is 11.1. The quantitative estimate of drug-likeness (QED) is 0.506. The SMILES string of the molecule is CC.CC#N.CC1CCC(C2CCC(C3CCCCC3)CC2)CC1. The summed E-state index contributed by atoms with van der Waals surface area (Å²) in [7, 11) is 0. The molecule has 1 nitrogen and oxygen atoms in total. The summed E-state index contributed by atoms with van der Waals surface area (Å²) in [5, 5.41) is 7.32. The van der Waals surface area contributed by atoms with Gasteiger partial charge < -0.3 is 0 Å². The zero-order valence-corrected chi connectivity index (χ0v) is 17.0. The van der Waals surface area contributed by atoms with Gasteiger partial charge in [0.25, 0.3) is 0 Å². The third-order valence-corrected chi connectivity index (χ3v) is 6.86. The zero-order valence-electron chi connectivity index (χ0n) is 17.0. The van der Waals surface area contributed by atoms with E-state index in [1.54, 1.807) is 57.4 Å². The molecule has 0 saturated heterocycles. The van der Waals surface area contributed by atoms with Crippen LogP contribution in [-0.2, 0) is 0 Å². The molecule has 0 amide bonds. The number of nitrogens with zero attached hydrogens (tertiary/aromatic N) is 1. The molecule has 3 aliphatic carbocycles. The van der Waals surface area contributed by atoms with Gasteiger partial charge in [-0.05, 0) is 68.1 Å². The van der Waals surface area contributed by atoms with Crippen molar-refractivity contribution in [2.45, 2.75) is 111 Å². The van der Waals surface area contributed by atoms with Crippen molar-refractivity contribution >= 4 is 0 Å². The molecule has 3 fully saturated rings. The predicted octanol–water partition coefficient (Wildman–Crippen LogP) is 7.76. The first kappa shape index (κ1) is 21.5.